The van der Waals surface area contributed by atoms with Crippen molar-refractivity contribution >= 4 is 15.9 Å². The summed E-state index contributed by atoms with van der Waals surface area (Å²) in [6, 6.07) is 8.69. The number of hydrogen-bond acceptors (Lipinski definition) is 2. The highest BCUT2D eigenvalue weighted by Gasteiger charge is 2.20. The highest BCUT2D eigenvalue weighted by Crippen LogP contribution is 2.27. The lowest BCUT2D eigenvalue weighted by Gasteiger charge is -2.04. The van der Waals surface area contributed by atoms with Crippen LogP contribution >= 0.6 is 15.9 Å². The summed E-state index contributed by atoms with van der Waals surface area (Å²) in [6.45, 7) is 3.18. The highest BCUT2D eigenvalue weighted by molar-refractivity contribution is 9.10. The number of rotatable bonds is 2. The third-order valence-electron chi connectivity index (χ3n) is 3.41. The van der Waals surface area contributed by atoms with E-state index in [9.17, 15) is 0 Å². The van der Waals surface area contributed by atoms with Gasteiger partial charge in [0.05, 0.1) is 11.7 Å². The summed E-state index contributed by atoms with van der Waals surface area (Å²) in [6.07, 6.45) is 2.41. The average molecular weight is 306 g/mol. The molecule has 3 nitrogen and oxygen atoms in total. The van der Waals surface area contributed by atoms with Crippen molar-refractivity contribution in [3.63, 3.8) is 0 Å². The fourth-order valence-corrected chi connectivity index (χ4v) is 2.72. The van der Waals surface area contributed by atoms with Gasteiger partial charge in [0.25, 0.3) is 0 Å². The molecular formula is C14H16BrN3. The quantitative estimate of drug-likeness (QED) is 0.890. The molecule has 3 rings (SSSR count). The Morgan fingerprint density at radius 3 is 2.72 bits per heavy atom. The van der Waals surface area contributed by atoms with Crippen LogP contribution in [0.2, 0.25) is 0 Å². The van der Waals surface area contributed by atoms with Gasteiger partial charge in [0, 0.05) is 15.7 Å². The lowest BCUT2D eigenvalue weighted by atomic mass is 10.1. The van der Waals surface area contributed by atoms with Gasteiger partial charge in [-0.05, 0) is 38.4 Å². The number of nitrogens with zero attached hydrogens (tertiary/aromatic N) is 1. The van der Waals surface area contributed by atoms with Gasteiger partial charge in [0.1, 0.15) is 5.82 Å². The Bertz CT molecular complexity index is 539. The Morgan fingerprint density at radius 2 is 2.06 bits per heavy atom. The van der Waals surface area contributed by atoms with Gasteiger partial charge in [0.2, 0.25) is 0 Å². The lowest BCUT2D eigenvalue weighted by molar-refractivity contribution is 0.612. The minimum absolute atomic E-state index is 0.396. The van der Waals surface area contributed by atoms with E-state index in [1.165, 1.54) is 12.8 Å². The Balaban J connectivity index is 1.94. The molecule has 1 unspecified atom stereocenters. The maximum absolute atomic E-state index is 4.76. The first-order chi connectivity index (χ1) is 8.74. The molecule has 2 N–H and O–H groups in total. The summed E-state index contributed by atoms with van der Waals surface area (Å²) in [7, 11) is 0. The van der Waals surface area contributed by atoms with Crippen LogP contribution in [0.3, 0.4) is 0 Å². The van der Waals surface area contributed by atoms with Crippen molar-refractivity contribution in [2.24, 2.45) is 0 Å². The van der Waals surface area contributed by atoms with Gasteiger partial charge < -0.3 is 10.3 Å². The monoisotopic (exact) mass is 305 g/mol. The van der Waals surface area contributed by atoms with Gasteiger partial charge in [-0.3, -0.25) is 0 Å². The second-order valence-electron chi connectivity index (χ2n) is 4.75. The number of halogens is 1. The van der Waals surface area contributed by atoms with Crippen LogP contribution in [0.1, 0.15) is 30.4 Å². The molecule has 1 aromatic carbocycles. The number of imidazole rings is 1. The second-order valence-corrected chi connectivity index (χ2v) is 5.67. The summed E-state index contributed by atoms with van der Waals surface area (Å²) in [5.41, 5.74) is 3.36. The lowest BCUT2D eigenvalue weighted by Crippen LogP contribution is -2.14. The third-order valence-corrected chi connectivity index (χ3v) is 3.94. The van der Waals surface area contributed by atoms with E-state index in [-0.39, 0.29) is 0 Å². The van der Waals surface area contributed by atoms with E-state index in [0.717, 1.165) is 33.8 Å². The van der Waals surface area contributed by atoms with Crippen molar-refractivity contribution < 1.29 is 0 Å². The molecule has 0 spiro atoms. The molecule has 1 fully saturated rings. The summed E-state index contributed by atoms with van der Waals surface area (Å²) >= 11 is 3.46. The smallest absolute Gasteiger partial charge is 0.124 e. The molecule has 18 heavy (non-hydrogen) atoms. The Labute approximate surface area is 115 Å². The Morgan fingerprint density at radius 1 is 1.28 bits per heavy atom. The summed E-state index contributed by atoms with van der Waals surface area (Å²) in [4.78, 5) is 8.17. The molecule has 1 aromatic heterocycles. The Kier molecular flexibility index (Phi) is 3.22. The molecule has 1 aliphatic heterocycles. The largest absolute Gasteiger partial charge is 0.344 e. The molecule has 94 valence electrons. The van der Waals surface area contributed by atoms with Crippen molar-refractivity contribution in [2.75, 3.05) is 6.54 Å². The van der Waals surface area contributed by atoms with Crippen LogP contribution < -0.4 is 5.32 Å². The molecule has 0 amide bonds. The molecular weight excluding hydrogens is 290 g/mol. The molecule has 2 aromatic rings. The van der Waals surface area contributed by atoms with Gasteiger partial charge in [-0.25, -0.2) is 4.98 Å². The molecule has 1 aliphatic rings. The maximum Gasteiger partial charge on any atom is 0.124 e. The highest BCUT2D eigenvalue weighted by atomic mass is 79.9. The van der Waals surface area contributed by atoms with E-state index in [2.05, 4.69) is 57.4 Å². The van der Waals surface area contributed by atoms with E-state index >= 15 is 0 Å². The van der Waals surface area contributed by atoms with Gasteiger partial charge in [-0.1, -0.05) is 28.1 Å². The first-order valence-corrected chi connectivity index (χ1v) is 7.09. The first kappa shape index (κ1) is 11.9. The van der Waals surface area contributed by atoms with Crippen LogP contribution in [-0.2, 0) is 0 Å². The summed E-state index contributed by atoms with van der Waals surface area (Å²) < 4.78 is 1.09. The van der Waals surface area contributed by atoms with Gasteiger partial charge in [0.15, 0.2) is 0 Å². The number of aryl methyl sites for hydroxylation is 1. The van der Waals surface area contributed by atoms with Crippen LogP contribution in [0.4, 0.5) is 0 Å². The molecule has 1 saturated heterocycles. The van der Waals surface area contributed by atoms with Crippen molar-refractivity contribution in [1.29, 1.82) is 0 Å². The normalized spacial score (nSPS) is 19.3. The predicted octanol–water partition coefficient (Wildman–Crippen LogP) is 3.57. The fourth-order valence-electron chi connectivity index (χ4n) is 2.46. The van der Waals surface area contributed by atoms with Gasteiger partial charge >= 0.3 is 0 Å². The van der Waals surface area contributed by atoms with Crippen LogP contribution in [-0.4, -0.2) is 16.5 Å². The summed E-state index contributed by atoms with van der Waals surface area (Å²) in [5.74, 6) is 1.07. The molecule has 1 atom stereocenters. The zero-order valence-corrected chi connectivity index (χ0v) is 11.9. The van der Waals surface area contributed by atoms with Crippen molar-refractivity contribution in [2.45, 2.75) is 25.8 Å². The number of benzene rings is 1. The first-order valence-electron chi connectivity index (χ1n) is 6.30. The number of nitrogens with one attached hydrogen (secondary N) is 2. The zero-order valence-electron chi connectivity index (χ0n) is 10.3. The van der Waals surface area contributed by atoms with E-state index in [4.69, 9.17) is 4.98 Å². The Hall–Kier alpha value is -1.13. The number of aromatic amines is 1. The van der Waals surface area contributed by atoms with E-state index in [0.29, 0.717) is 6.04 Å². The fraction of sp³-hybridized carbons (Fsp3) is 0.357. The van der Waals surface area contributed by atoms with E-state index < -0.39 is 0 Å². The van der Waals surface area contributed by atoms with Crippen LogP contribution in [0.5, 0.6) is 0 Å². The third kappa shape index (κ3) is 2.22. The zero-order chi connectivity index (χ0) is 12.5. The molecule has 0 aliphatic carbocycles. The van der Waals surface area contributed by atoms with Crippen LogP contribution in [0, 0.1) is 6.92 Å². The molecule has 2 heterocycles. The molecule has 0 saturated carbocycles. The summed E-state index contributed by atoms with van der Waals surface area (Å²) in [5, 5.41) is 3.47. The number of hydrogen-bond donors (Lipinski definition) is 2. The van der Waals surface area contributed by atoms with Crippen molar-refractivity contribution in [1.82, 2.24) is 15.3 Å². The average Bonchev–Trinajstić information content (AvgIpc) is 2.99. The number of aromatic nitrogens is 2. The second kappa shape index (κ2) is 4.86. The van der Waals surface area contributed by atoms with E-state index in [1.807, 2.05) is 0 Å². The van der Waals surface area contributed by atoms with Crippen LogP contribution in [0.25, 0.3) is 11.3 Å². The minimum atomic E-state index is 0.396. The minimum Gasteiger partial charge on any atom is -0.344 e. The SMILES string of the molecule is Cc1[nH]c(C2CCCN2)nc1-c1ccc(Br)cc1. The predicted molar refractivity (Wildman–Crippen MR) is 76.4 cm³/mol. The standard InChI is InChI=1S/C14H16BrN3/c1-9-13(10-4-6-11(15)7-5-10)18-14(17-9)12-3-2-8-16-12/h4-7,12,16H,2-3,8H2,1H3,(H,17,18). The topological polar surface area (TPSA) is 40.7 Å². The number of H-pyrrole nitrogens is 1. The van der Waals surface area contributed by atoms with Gasteiger partial charge in [-0.2, -0.15) is 0 Å². The molecule has 0 radical (unpaired) electrons. The molecule has 4 heteroatoms. The van der Waals surface area contributed by atoms with Crippen LogP contribution in [0.15, 0.2) is 28.7 Å². The van der Waals surface area contributed by atoms with Crippen molar-refractivity contribution in [3.8, 4) is 11.3 Å². The van der Waals surface area contributed by atoms with Crippen molar-refractivity contribution in [3.05, 3.63) is 40.3 Å². The van der Waals surface area contributed by atoms with E-state index in [1.54, 1.807) is 0 Å². The van der Waals surface area contributed by atoms with Gasteiger partial charge in [-0.15, -0.1) is 0 Å². The maximum atomic E-state index is 4.76. The molecule has 0 bridgehead atoms.